The predicted octanol–water partition coefficient (Wildman–Crippen LogP) is 3.55. The number of unbranched alkanes of at least 4 members (excludes halogenated alkanes) is 2. The molecule has 2 heteroatoms. The Morgan fingerprint density at radius 1 is 1.53 bits per heavy atom. The summed E-state index contributed by atoms with van der Waals surface area (Å²) in [6.07, 6.45) is 11.8. The van der Waals surface area contributed by atoms with Crippen LogP contribution in [0.2, 0.25) is 0 Å². The minimum atomic E-state index is 0.381. The average Bonchev–Trinajstić information content (AvgIpc) is 2.68. The molecule has 2 aliphatic rings. The predicted molar refractivity (Wildman–Crippen MR) is 74.4 cm³/mol. The maximum atomic E-state index is 4.83. The van der Waals surface area contributed by atoms with Crippen LogP contribution in [0.5, 0.6) is 0 Å². The number of hydrogen-bond acceptors (Lipinski definition) is 2. The average molecular weight is 232 g/mol. The van der Waals surface area contributed by atoms with Gasteiger partial charge in [0.15, 0.2) is 0 Å². The van der Waals surface area contributed by atoms with Crippen LogP contribution < -0.4 is 0 Å². The van der Waals surface area contributed by atoms with Gasteiger partial charge in [0.25, 0.3) is 0 Å². The molecule has 0 fully saturated rings. The second-order valence-corrected chi connectivity index (χ2v) is 5.19. The highest BCUT2D eigenvalue weighted by Crippen LogP contribution is 2.28. The molecule has 0 bridgehead atoms. The van der Waals surface area contributed by atoms with Crippen molar-refractivity contribution >= 4 is 5.84 Å². The maximum absolute atomic E-state index is 4.83. The smallest absolute Gasteiger partial charge is 0.126 e. The molecule has 2 nitrogen and oxygen atoms in total. The minimum absolute atomic E-state index is 0.381. The molecular formula is C15H24N2. The van der Waals surface area contributed by atoms with E-state index in [0.717, 1.165) is 12.3 Å². The molecule has 1 aliphatic carbocycles. The fourth-order valence-electron chi connectivity index (χ4n) is 2.78. The molecule has 2 atom stereocenters. The summed E-state index contributed by atoms with van der Waals surface area (Å²) in [5.41, 5.74) is 1.23. The van der Waals surface area contributed by atoms with Gasteiger partial charge in [0.1, 0.15) is 5.84 Å². The van der Waals surface area contributed by atoms with Crippen LogP contribution in [0.4, 0.5) is 0 Å². The van der Waals surface area contributed by atoms with E-state index in [-0.39, 0.29) is 0 Å². The first-order valence-electron chi connectivity index (χ1n) is 6.89. The van der Waals surface area contributed by atoms with Crippen LogP contribution in [0.1, 0.15) is 45.4 Å². The number of aliphatic imine (C=N–C) groups is 1. The zero-order chi connectivity index (χ0) is 12.3. The van der Waals surface area contributed by atoms with Crippen molar-refractivity contribution in [1.29, 1.82) is 0 Å². The van der Waals surface area contributed by atoms with Gasteiger partial charge in [-0.2, -0.15) is 0 Å². The lowest BCUT2D eigenvalue weighted by molar-refractivity contribution is 0.347. The Labute approximate surface area is 105 Å². The summed E-state index contributed by atoms with van der Waals surface area (Å²) in [5, 5.41) is 0. The fourth-order valence-corrected chi connectivity index (χ4v) is 2.78. The summed E-state index contributed by atoms with van der Waals surface area (Å²) in [7, 11) is 2.17. The number of likely N-dealkylation sites (N-methyl/N-ethyl adjacent to an activating group) is 1. The van der Waals surface area contributed by atoms with Crippen molar-refractivity contribution in [1.82, 2.24) is 4.90 Å². The summed E-state index contributed by atoms with van der Waals surface area (Å²) in [4.78, 5) is 7.18. The zero-order valence-electron chi connectivity index (χ0n) is 11.2. The topological polar surface area (TPSA) is 15.6 Å². The molecule has 0 saturated heterocycles. The van der Waals surface area contributed by atoms with Gasteiger partial charge in [-0.15, -0.1) is 0 Å². The molecule has 1 aliphatic heterocycles. The summed E-state index contributed by atoms with van der Waals surface area (Å²) >= 11 is 0. The number of allylic oxidation sites excluding steroid dienone is 1. The van der Waals surface area contributed by atoms with Gasteiger partial charge >= 0.3 is 0 Å². The van der Waals surface area contributed by atoms with Crippen LogP contribution in [0.3, 0.4) is 0 Å². The van der Waals surface area contributed by atoms with Crippen LogP contribution in [-0.2, 0) is 0 Å². The highest BCUT2D eigenvalue weighted by molar-refractivity contribution is 5.99. The third-order valence-corrected chi connectivity index (χ3v) is 3.86. The van der Waals surface area contributed by atoms with Gasteiger partial charge in [0.05, 0.1) is 12.1 Å². The first-order valence-corrected chi connectivity index (χ1v) is 6.89. The second-order valence-electron chi connectivity index (χ2n) is 5.19. The van der Waals surface area contributed by atoms with Gasteiger partial charge in [0, 0.05) is 7.05 Å². The molecule has 0 saturated carbocycles. The van der Waals surface area contributed by atoms with E-state index in [1.807, 2.05) is 0 Å². The quantitative estimate of drug-likeness (QED) is 0.523. The number of hydrogen-bond donors (Lipinski definition) is 0. The highest BCUT2D eigenvalue weighted by Gasteiger charge is 2.33. The molecule has 0 amide bonds. The van der Waals surface area contributed by atoms with Crippen molar-refractivity contribution in [3.05, 3.63) is 24.3 Å². The third-order valence-electron chi connectivity index (χ3n) is 3.86. The molecule has 0 aromatic carbocycles. The normalized spacial score (nSPS) is 26.9. The molecular weight excluding hydrogens is 208 g/mol. The molecule has 1 heterocycles. The van der Waals surface area contributed by atoms with E-state index in [1.54, 1.807) is 0 Å². The lowest BCUT2D eigenvalue weighted by Gasteiger charge is -2.27. The van der Waals surface area contributed by atoms with Gasteiger partial charge in [-0.1, -0.05) is 38.5 Å². The second kappa shape index (κ2) is 5.52. The lowest BCUT2D eigenvalue weighted by atomic mass is 9.97. The summed E-state index contributed by atoms with van der Waals surface area (Å²) < 4.78 is 0. The molecule has 0 aromatic rings. The minimum Gasteiger partial charge on any atom is -0.354 e. The van der Waals surface area contributed by atoms with Crippen molar-refractivity contribution in [2.45, 2.75) is 57.5 Å². The van der Waals surface area contributed by atoms with Gasteiger partial charge in [0.2, 0.25) is 0 Å². The standard InChI is InChI=1S/C15H24N2/c1-4-5-6-9-12(2)15-16-13-10-7-8-11-14(13)17(15)3/h7,10,13-14H,2,4-6,8-9,11H2,1,3H3. The van der Waals surface area contributed by atoms with E-state index in [2.05, 4.69) is 37.6 Å². The maximum Gasteiger partial charge on any atom is 0.126 e. The summed E-state index contributed by atoms with van der Waals surface area (Å²) in [5.74, 6) is 1.16. The molecule has 0 spiro atoms. The van der Waals surface area contributed by atoms with E-state index in [4.69, 9.17) is 4.99 Å². The van der Waals surface area contributed by atoms with Gasteiger partial charge < -0.3 is 4.90 Å². The molecule has 94 valence electrons. The van der Waals surface area contributed by atoms with E-state index in [0.29, 0.717) is 12.1 Å². The Bertz CT molecular complexity index is 341. The monoisotopic (exact) mass is 232 g/mol. The largest absolute Gasteiger partial charge is 0.354 e. The zero-order valence-corrected chi connectivity index (χ0v) is 11.2. The van der Waals surface area contributed by atoms with Gasteiger partial charge in [-0.05, 0) is 31.3 Å². The number of rotatable bonds is 5. The van der Waals surface area contributed by atoms with Crippen LogP contribution in [-0.4, -0.2) is 29.9 Å². The summed E-state index contributed by atoms with van der Waals surface area (Å²) in [6.45, 7) is 6.46. The molecule has 17 heavy (non-hydrogen) atoms. The SMILES string of the molecule is C=C(CCCCC)C1=NC2C=CCCC2N1C. The lowest BCUT2D eigenvalue weighted by Crippen LogP contribution is -2.37. The van der Waals surface area contributed by atoms with E-state index in [9.17, 15) is 0 Å². The number of amidine groups is 1. The first-order chi connectivity index (χ1) is 8.24. The Hall–Kier alpha value is -1.05. The van der Waals surface area contributed by atoms with Gasteiger partial charge in [-0.25, -0.2) is 0 Å². The number of fused-ring (bicyclic) bond motifs is 1. The van der Waals surface area contributed by atoms with Crippen LogP contribution in [0.25, 0.3) is 0 Å². The van der Waals surface area contributed by atoms with Crippen molar-refractivity contribution in [2.75, 3.05) is 7.05 Å². The van der Waals surface area contributed by atoms with Crippen molar-refractivity contribution < 1.29 is 0 Å². The van der Waals surface area contributed by atoms with E-state index in [1.165, 1.54) is 37.7 Å². The van der Waals surface area contributed by atoms with E-state index >= 15 is 0 Å². The van der Waals surface area contributed by atoms with Crippen molar-refractivity contribution in [2.24, 2.45) is 4.99 Å². The molecule has 2 unspecified atom stereocenters. The molecule has 0 aromatic heterocycles. The van der Waals surface area contributed by atoms with E-state index < -0.39 is 0 Å². The molecule has 2 rings (SSSR count). The Morgan fingerprint density at radius 3 is 3.06 bits per heavy atom. The summed E-state index contributed by atoms with van der Waals surface area (Å²) in [6, 6.07) is 0.963. The third kappa shape index (κ3) is 2.62. The van der Waals surface area contributed by atoms with Crippen LogP contribution in [0.15, 0.2) is 29.3 Å². The fraction of sp³-hybridized carbons (Fsp3) is 0.667. The van der Waals surface area contributed by atoms with Crippen LogP contribution in [0, 0.1) is 0 Å². The highest BCUT2D eigenvalue weighted by atomic mass is 15.3. The molecule has 0 radical (unpaired) electrons. The Morgan fingerprint density at radius 2 is 2.35 bits per heavy atom. The molecule has 0 N–H and O–H groups in total. The first kappa shape index (κ1) is 12.4. The van der Waals surface area contributed by atoms with Gasteiger partial charge in [-0.3, -0.25) is 4.99 Å². The van der Waals surface area contributed by atoms with Crippen LogP contribution >= 0.6 is 0 Å². The van der Waals surface area contributed by atoms with Crippen molar-refractivity contribution in [3.63, 3.8) is 0 Å². The van der Waals surface area contributed by atoms with Crippen molar-refractivity contribution in [3.8, 4) is 0 Å². The Kier molecular flexibility index (Phi) is 4.03. The Balaban J connectivity index is 1.97. The number of nitrogens with zero attached hydrogens (tertiary/aromatic N) is 2.